The topological polar surface area (TPSA) is 42.7 Å². The van der Waals surface area contributed by atoms with Crippen LogP contribution in [0, 0.1) is 0 Å². The SMILES string of the molecule is CCCNC(C)c1ccc(-n2ccnc2)nc1. The summed E-state index contributed by atoms with van der Waals surface area (Å²) in [5.74, 6) is 0.897. The predicted molar refractivity (Wildman–Crippen MR) is 68.1 cm³/mol. The maximum atomic E-state index is 4.43. The summed E-state index contributed by atoms with van der Waals surface area (Å²) in [6, 6.07) is 4.47. The molecule has 0 bridgehead atoms. The third-order valence-corrected chi connectivity index (χ3v) is 2.74. The molecule has 0 aromatic carbocycles. The van der Waals surface area contributed by atoms with Crippen LogP contribution in [0.5, 0.6) is 0 Å². The molecule has 90 valence electrons. The van der Waals surface area contributed by atoms with Gasteiger partial charge in [0, 0.05) is 24.6 Å². The highest BCUT2D eigenvalue weighted by Crippen LogP contribution is 2.12. The summed E-state index contributed by atoms with van der Waals surface area (Å²) in [6.45, 7) is 5.36. The van der Waals surface area contributed by atoms with Crippen molar-refractivity contribution in [3.63, 3.8) is 0 Å². The van der Waals surface area contributed by atoms with E-state index in [9.17, 15) is 0 Å². The van der Waals surface area contributed by atoms with Gasteiger partial charge in [0.25, 0.3) is 0 Å². The summed E-state index contributed by atoms with van der Waals surface area (Å²) in [7, 11) is 0. The van der Waals surface area contributed by atoms with Crippen LogP contribution in [0.15, 0.2) is 37.1 Å². The van der Waals surface area contributed by atoms with E-state index in [4.69, 9.17) is 0 Å². The molecule has 2 rings (SSSR count). The van der Waals surface area contributed by atoms with Gasteiger partial charge in [-0.2, -0.15) is 0 Å². The predicted octanol–water partition coefficient (Wildman–Crippen LogP) is 2.33. The Hall–Kier alpha value is -1.68. The third-order valence-electron chi connectivity index (χ3n) is 2.74. The summed E-state index contributed by atoms with van der Waals surface area (Å²) >= 11 is 0. The van der Waals surface area contributed by atoms with Gasteiger partial charge in [0.1, 0.15) is 12.1 Å². The van der Waals surface area contributed by atoms with Gasteiger partial charge in [-0.05, 0) is 31.5 Å². The van der Waals surface area contributed by atoms with E-state index >= 15 is 0 Å². The highest BCUT2D eigenvalue weighted by molar-refractivity contribution is 5.26. The second kappa shape index (κ2) is 5.59. The van der Waals surface area contributed by atoms with Crippen molar-refractivity contribution in [2.45, 2.75) is 26.3 Å². The Morgan fingerprint density at radius 3 is 2.88 bits per heavy atom. The third kappa shape index (κ3) is 2.91. The van der Waals surface area contributed by atoms with Crippen LogP contribution in [0.4, 0.5) is 0 Å². The van der Waals surface area contributed by atoms with E-state index in [-0.39, 0.29) is 0 Å². The van der Waals surface area contributed by atoms with Gasteiger partial charge in [-0.3, -0.25) is 4.57 Å². The van der Waals surface area contributed by atoms with Gasteiger partial charge < -0.3 is 5.32 Å². The molecular weight excluding hydrogens is 212 g/mol. The van der Waals surface area contributed by atoms with E-state index in [1.54, 1.807) is 12.5 Å². The van der Waals surface area contributed by atoms with Crippen molar-refractivity contribution in [3.8, 4) is 5.82 Å². The van der Waals surface area contributed by atoms with Crippen LogP contribution >= 0.6 is 0 Å². The summed E-state index contributed by atoms with van der Waals surface area (Å²) in [5, 5.41) is 3.44. The molecule has 0 fully saturated rings. The van der Waals surface area contributed by atoms with Gasteiger partial charge in [-0.25, -0.2) is 9.97 Å². The molecule has 0 amide bonds. The zero-order valence-electron chi connectivity index (χ0n) is 10.3. The van der Waals surface area contributed by atoms with Crippen LogP contribution in [0.2, 0.25) is 0 Å². The molecule has 1 N–H and O–H groups in total. The Labute approximate surface area is 102 Å². The molecule has 4 nitrogen and oxygen atoms in total. The molecule has 0 radical (unpaired) electrons. The van der Waals surface area contributed by atoms with Gasteiger partial charge in [0.2, 0.25) is 0 Å². The fourth-order valence-corrected chi connectivity index (χ4v) is 1.68. The minimum absolute atomic E-state index is 0.347. The summed E-state index contributed by atoms with van der Waals surface area (Å²) < 4.78 is 1.90. The normalized spacial score (nSPS) is 12.6. The van der Waals surface area contributed by atoms with Crippen LogP contribution in [0.3, 0.4) is 0 Å². The molecule has 0 aliphatic rings. The lowest BCUT2D eigenvalue weighted by atomic mass is 10.1. The van der Waals surface area contributed by atoms with Crippen LogP contribution in [-0.2, 0) is 0 Å². The number of hydrogen-bond donors (Lipinski definition) is 1. The van der Waals surface area contributed by atoms with Crippen molar-refractivity contribution in [1.29, 1.82) is 0 Å². The lowest BCUT2D eigenvalue weighted by Crippen LogP contribution is -2.19. The highest BCUT2D eigenvalue weighted by Gasteiger charge is 2.04. The molecule has 1 atom stereocenters. The highest BCUT2D eigenvalue weighted by atomic mass is 15.1. The molecule has 4 heteroatoms. The van der Waals surface area contributed by atoms with E-state index in [0.717, 1.165) is 18.8 Å². The molecule has 0 spiro atoms. The summed E-state index contributed by atoms with van der Waals surface area (Å²) in [4.78, 5) is 8.44. The van der Waals surface area contributed by atoms with Crippen LogP contribution in [0.25, 0.3) is 5.82 Å². The van der Waals surface area contributed by atoms with Crippen LogP contribution in [-0.4, -0.2) is 21.1 Å². The van der Waals surface area contributed by atoms with Crippen molar-refractivity contribution in [2.75, 3.05) is 6.54 Å². The van der Waals surface area contributed by atoms with Crippen molar-refractivity contribution in [2.24, 2.45) is 0 Å². The van der Waals surface area contributed by atoms with E-state index in [1.165, 1.54) is 5.56 Å². The lowest BCUT2D eigenvalue weighted by Gasteiger charge is -2.13. The quantitative estimate of drug-likeness (QED) is 0.857. The monoisotopic (exact) mass is 230 g/mol. The first kappa shape index (κ1) is 11.8. The van der Waals surface area contributed by atoms with Gasteiger partial charge in [0.15, 0.2) is 0 Å². The molecule has 2 aromatic rings. The van der Waals surface area contributed by atoms with Gasteiger partial charge in [0.05, 0.1) is 0 Å². The molecule has 0 saturated carbocycles. The zero-order valence-corrected chi connectivity index (χ0v) is 10.3. The Bertz CT molecular complexity index is 433. The standard InChI is InChI=1S/C13H18N4/c1-3-6-15-11(2)12-4-5-13(16-9-12)17-8-7-14-10-17/h4-5,7-11,15H,3,6H2,1-2H3. The Morgan fingerprint density at radius 1 is 1.41 bits per heavy atom. The maximum absolute atomic E-state index is 4.43. The summed E-state index contributed by atoms with van der Waals surface area (Å²) in [6.07, 6.45) is 8.45. The first-order valence-electron chi connectivity index (χ1n) is 5.99. The molecule has 0 saturated heterocycles. The molecule has 0 aliphatic heterocycles. The van der Waals surface area contributed by atoms with E-state index in [1.807, 2.05) is 23.0 Å². The number of imidazole rings is 1. The van der Waals surface area contributed by atoms with E-state index in [2.05, 4.69) is 35.2 Å². The Balaban J connectivity index is 2.08. The first-order valence-corrected chi connectivity index (χ1v) is 5.99. The van der Waals surface area contributed by atoms with Crippen molar-refractivity contribution < 1.29 is 0 Å². The largest absolute Gasteiger partial charge is 0.310 e. The minimum atomic E-state index is 0.347. The molecule has 2 aromatic heterocycles. The number of aromatic nitrogens is 3. The number of pyridine rings is 1. The van der Waals surface area contributed by atoms with Crippen LogP contribution in [0.1, 0.15) is 31.9 Å². The van der Waals surface area contributed by atoms with E-state index in [0.29, 0.717) is 6.04 Å². The van der Waals surface area contributed by atoms with Crippen LogP contribution < -0.4 is 5.32 Å². The smallest absolute Gasteiger partial charge is 0.137 e. The van der Waals surface area contributed by atoms with Crippen molar-refractivity contribution in [1.82, 2.24) is 19.9 Å². The average molecular weight is 230 g/mol. The number of nitrogens with one attached hydrogen (secondary N) is 1. The maximum Gasteiger partial charge on any atom is 0.137 e. The number of nitrogens with zero attached hydrogens (tertiary/aromatic N) is 3. The molecule has 0 aliphatic carbocycles. The second-order valence-electron chi connectivity index (χ2n) is 4.10. The fraction of sp³-hybridized carbons (Fsp3) is 0.385. The molecular formula is C13H18N4. The van der Waals surface area contributed by atoms with Crippen molar-refractivity contribution >= 4 is 0 Å². The van der Waals surface area contributed by atoms with Crippen molar-refractivity contribution in [3.05, 3.63) is 42.6 Å². The zero-order chi connectivity index (χ0) is 12.1. The molecule has 17 heavy (non-hydrogen) atoms. The van der Waals surface area contributed by atoms with E-state index < -0.39 is 0 Å². The average Bonchev–Trinajstić information content (AvgIpc) is 2.90. The van der Waals surface area contributed by atoms with Gasteiger partial charge in [-0.1, -0.05) is 13.0 Å². The number of rotatable bonds is 5. The Morgan fingerprint density at radius 2 is 2.29 bits per heavy atom. The number of hydrogen-bond acceptors (Lipinski definition) is 3. The first-order chi connectivity index (χ1) is 8.31. The molecule has 1 unspecified atom stereocenters. The minimum Gasteiger partial charge on any atom is -0.310 e. The summed E-state index contributed by atoms with van der Waals surface area (Å²) in [5.41, 5.74) is 1.21. The lowest BCUT2D eigenvalue weighted by molar-refractivity contribution is 0.569. The molecule has 2 heterocycles. The fourth-order valence-electron chi connectivity index (χ4n) is 1.68. The van der Waals surface area contributed by atoms with Gasteiger partial charge >= 0.3 is 0 Å². The van der Waals surface area contributed by atoms with Gasteiger partial charge in [-0.15, -0.1) is 0 Å². The Kier molecular flexibility index (Phi) is 3.88. The second-order valence-corrected chi connectivity index (χ2v) is 4.10.